The molecule has 0 aliphatic rings. The van der Waals surface area contributed by atoms with Gasteiger partial charge in [0.1, 0.15) is 12.1 Å². The Morgan fingerprint density at radius 3 is 2.48 bits per heavy atom. The molecule has 0 saturated carbocycles. The largest absolute Gasteiger partial charge is 0.363 e. The summed E-state index contributed by atoms with van der Waals surface area (Å²) in [4.78, 5) is 8.75. The van der Waals surface area contributed by atoms with Crippen LogP contribution in [0.5, 0.6) is 0 Å². The number of aryl methyl sites for hydroxylation is 1. The van der Waals surface area contributed by atoms with E-state index < -0.39 is 10.0 Å². The zero-order valence-electron chi connectivity index (χ0n) is 15.9. The van der Waals surface area contributed by atoms with Gasteiger partial charge in [-0.25, -0.2) is 13.4 Å². The Bertz CT molecular complexity index is 1030. The molecule has 1 N–H and O–H groups in total. The Hall–Kier alpha value is -2.52. The van der Waals surface area contributed by atoms with Crippen molar-refractivity contribution in [1.82, 2.24) is 23.9 Å². The Balaban J connectivity index is 1.84. The van der Waals surface area contributed by atoms with Crippen LogP contribution in [0.4, 0.5) is 5.82 Å². The van der Waals surface area contributed by atoms with E-state index in [1.54, 1.807) is 16.6 Å². The lowest BCUT2D eigenvalue weighted by molar-refractivity contribution is 0.445. The number of anilines is 1. The fourth-order valence-corrected chi connectivity index (χ4v) is 4.44. The van der Waals surface area contributed by atoms with Gasteiger partial charge in [-0.05, 0) is 31.5 Å². The molecule has 1 atom stereocenters. The third-order valence-corrected chi connectivity index (χ3v) is 6.53. The molecular weight excluding hydrogens is 364 g/mol. The van der Waals surface area contributed by atoms with Gasteiger partial charge in [0, 0.05) is 30.9 Å². The third kappa shape index (κ3) is 3.79. The molecule has 2 aromatic heterocycles. The first-order valence-corrected chi connectivity index (χ1v) is 10.3. The first kappa shape index (κ1) is 19.2. The molecule has 3 aromatic rings. The zero-order valence-corrected chi connectivity index (χ0v) is 16.7. The summed E-state index contributed by atoms with van der Waals surface area (Å²) in [6, 6.07) is 8.83. The Morgan fingerprint density at radius 1 is 1.19 bits per heavy atom. The lowest BCUT2D eigenvalue weighted by Gasteiger charge is -2.20. The predicted molar refractivity (Wildman–Crippen MR) is 104 cm³/mol. The van der Waals surface area contributed by atoms with Crippen LogP contribution in [-0.4, -0.2) is 45.4 Å². The predicted octanol–water partition coefficient (Wildman–Crippen LogP) is 2.64. The molecule has 0 fully saturated rings. The number of hydrogen-bond donors (Lipinski definition) is 1. The zero-order chi connectivity index (χ0) is 19.6. The number of fused-ring (bicyclic) bond motifs is 1. The normalized spacial score (nSPS) is 13.2. The average Bonchev–Trinajstić information content (AvgIpc) is 3.11. The molecule has 0 radical (unpaired) electrons. The summed E-state index contributed by atoms with van der Waals surface area (Å²) in [5.41, 5.74) is 1.81. The van der Waals surface area contributed by atoms with Crippen LogP contribution >= 0.6 is 0 Å². The molecule has 0 aliphatic carbocycles. The quantitative estimate of drug-likeness (QED) is 0.669. The second-order valence-corrected chi connectivity index (χ2v) is 8.22. The molecule has 27 heavy (non-hydrogen) atoms. The fourth-order valence-electron chi connectivity index (χ4n) is 2.98. The van der Waals surface area contributed by atoms with Crippen molar-refractivity contribution in [1.29, 1.82) is 0 Å². The molecule has 0 aliphatic heterocycles. The standard InChI is InChI=1S/C18H24N6O2S/c1-5-23(6-2)27(25,26)16-9-7-15(8-10-16)14(4)22-17-11-13(3)21-18-19-12-20-24(17)18/h7-12,14,22H,5-6H2,1-4H3. The van der Waals surface area contributed by atoms with Crippen molar-refractivity contribution in [2.75, 3.05) is 18.4 Å². The van der Waals surface area contributed by atoms with Crippen LogP contribution in [0.2, 0.25) is 0 Å². The van der Waals surface area contributed by atoms with Crippen molar-refractivity contribution in [3.05, 3.63) is 47.9 Å². The molecule has 3 rings (SSSR count). The summed E-state index contributed by atoms with van der Waals surface area (Å²) < 4.78 is 28.3. The summed E-state index contributed by atoms with van der Waals surface area (Å²) in [5.74, 6) is 1.31. The summed E-state index contributed by atoms with van der Waals surface area (Å²) in [6.45, 7) is 8.48. The van der Waals surface area contributed by atoms with E-state index in [1.165, 1.54) is 10.6 Å². The minimum absolute atomic E-state index is 0.0515. The molecule has 1 aromatic carbocycles. The maximum Gasteiger partial charge on any atom is 0.254 e. The number of nitrogens with one attached hydrogen (secondary N) is 1. The highest BCUT2D eigenvalue weighted by atomic mass is 32.2. The second kappa shape index (κ2) is 7.61. The van der Waals surface area contributed by atoms with Crippen LogP contribution in [0.1, 0.15) is 38.1 Å². The summed E-state index contributed by atoms with van der Waals surface area (Å²) in [7, 11) is -3.45. The van der Waals surface area contributed by atoms with Crippen LogP contribution in [0.15, 0.2) is 41.6 Å². The van der Waals surface area contributed by atoms with Crippen molar-refractivity contribution in [2.24, 2.45) is 0 Å². The molecule has 2 heterocycles. The molecule has 0 amide bonds. The van der Waals surface area contributed by atoms with E-state index in [-0.39, 0.29) is 6.04 Å². The van der Waals surface area contributed by atoms with Gasteiger partial charge in [-0.15, -0.1) is 0 Å². The van der Waals surface area contributed by atoms with E-state index in [0.29, 0.717) is 23.8 Å². The number of benzene rings is 1. The number of nitrogens with zero attached hydrogens (tertiary/aromatic N) is 5. The van der Waals surface area contributed by atoms with Crippen LogP contribution in [0.25, 0.3) is 5.78 Å². The van der Waals surface area contributed by atoms with Crippen LogP contribution < -0.4 is 5.32 Å². The molecular formula is C18H24N6O2S. The number of aromatic nitrogens is 4. The van der Waals surface area contributed by atoms with E-state index in [2.05, 4.69) is 20.4 Å². The minimum atomic E-state index is -3.45. The van der Waals surface area contributed by atoms with E-state index in [9.17, 15) is 8.42 Å². The molecule has 9 heteroatoms. The maximum absolute atomic E-state index is 12.6. The lowest BCUT2D eigenvalue weighted by Crippen LogP contribution is -2.30. The van der Waals surface area contributed by atoms with Crippen molar-refractivity contribution >= 4 is 21.6 Å². The van der Waals surface area contributed by atoms with Gasteiger partial charge in [-0.3, -0.25) is 0 Å². The topological polar surface area (TPSA) is 92.5 Å². The summed E-state index contributed by atoms with van der Waals surface area (Å²) >= 11 is 0. The van der Waals surface area contributed by atoms with Crippen LogP contribution in [0, 0.1) is 6.92 Å². The molecule has 0 bridgehead atoms. The number of rotatable bonds is 7. The minimum Gasteiger partial charge on any atom is -0.363 e. The Morgan fingerprint density at radius 2 is 1.85 bits per heavy atom. The van der Waals surface area contributed by atoms with Gasteiger partial charge in [0.15, 0.2) is 0 Å². The fraction of sp³-hybridized carbons (Fsp3) is 0.389. The highest BCUT2D eigenvalue weighted by Gasteiger charge is 2.21. The Kier molecular flexibility index (Phi) is 5.43. The van der Waals surface area contributed by atoms with E-state index >= 15 is 0 Å². The monoisotopic (exact) mass is 388 g/mol. The molecule has 0 spiro atoms. The first-order chi connectivity index (χ1) is 12.9. The molecule has 1 unspecified atom stereocenters. The molecule has 8 nitrogen and oxygen atoms in total. The molecule has 0 saturated heterocycles. The highest BCUT2D eigenvalue weighted by molar-refractivity contribution is 7.89. The third-order valence-electron chi connectivity index (χ3n) is 4.47. The SMILES string of the molecule is CCN(CC)S(=O)(=O)c1ccc(C(C)Nc2cc(C)nc3ncnn23)cc1. The van der Waals surface area contributed by atoms with Crippen molar-refractivity contribution < 1.29 is 8.42 Å². The first-order valence-electron chi connectivity index (χ1n) is 8.90. The lowest BCUT2D eigenvalue weighted by atomic mass is 10.1. The maximum atomic E-state index is 12.6. The van der Waals surface area contributed by atoms with Crippen molar-refractivity contribution in [2.45, 2.75) is 38.6 Å². The summed E-state index contributed by atoms with van der Waals surface area (Å²) in [5, 5.41) is 7.58. The molecule has 144 valence electrons. The number of sulfonamides is 1. The van der Waals surface area contributed by atoms with Crippen molar-refractivity contribution in [3.63, 3.8) is 0 Å². The highest BCUT2D eigenvalue weighted by Crippen LogP contribution is 2.22. The second-order valence-electron chi connectivity index (χ2n) is 6.28. The van der Waals surface area contributed by atoms with E-state index in [1.807, 2.05) is 45.9 Å². The van der Waals surface area contributed by atoms with Crippen LogP contribution in [-0.2, 0) is 10.0 Å². The van der Waals surface area contributed by atoms with Gasteiger partial charge in [0.25, 0.3) is 5.78 Å². The van der Waals surface area contributed by atoms with Crippen LogP contribution in [0.3, 0.4) is 0 Å². The summed E-state index contributed by atoms with van der Waals surface area (Å²) in [6.07, 6.45) is 1.46. The van der Waals surface area contributed by atoms with Gasteiger partial charge < -0.3 is 5.32 Å². The Labute approximate surface area is 159 Å². The number of hydrogen-bond acceptors (Lipinski definition) is 6. The van der Waals surface area contributed by atoms with E-state index in [4.69, 9.17) is 0 Å². The van der Waals surface area contributed by atoms with Gasteiger partial charge in [-0.1, -0.05) is 26.0 Å². The smallest absolute Gasteiger partial charge is 0.254 e. The van der Waals surface area contributed by atoms with Gasteiger partial charge in [0.05, 0.1) is 4.90 Å². The van der Waals surface area contributed by atoms with E-state index in [0.717, 1.165) is 17.1 Å². The van der Waals surface area contributed by atoms with Gasteiger partial charge in [0.2, 0.25) is 10.0 Å². The van der Waals surface area contributed by atoms with Gasteiger partial charge in [-0.2, -0.15) is 18.9 Å². The van der Waals surface area contributed by atoms with Gasteiger partial charge >= 0.3 is 0 Å². The average molecular weight is 388 g/mol. The van der Waals surface area contributed by atoms with Crippen molar-refractivity contribution in [3.8, 4) is 0 Å².